The molecule has 0 saturated carbocycles. The number of nitriles is 1. The molecular weight excluding hydrogens is 244 g/mol. The van der Waals surface area contributed by atoms with E-state index in [4.69, 9.17) is 4.74 Å². The van der Waals surface area contributed by atoms with Crippen LogP contribution in [0.1, 0.15) is 18.4 Å². The highest BCUT2D eigenvalue weighted by molar-refractivity contribution is 7.98. The summed E-state index contributed by atoms with van der Waals surface area (Å²) < 4.78 is 5.44. The standard InChI is InChI=1S/C14H18N2OS/c1-17-11-5-4-8-16(10-11)13-6-3-7-14(18-2)12(13)9-15/h3,6-7,11H,4-5,8,10H2,1-2H3. The van der Waals surface area contributed by atoms with Crippen LogP contribution in [-0.2, 0) is 4.74 Å². The van der Waals surface area contributed by atoms with Gasteiger partial charge in [0.05, 0.1) is 17.4 Å². The van der Waals surface area contributed by atoms with Gasteiger partial charge in [-0.25, -0.2) is 0 Å². The molecule has 1 heterocycles. The first kappa shape index (κ1) is 13.3. The lowest BCUT2D eigenvalue weighted by Gasteiger charge is -2.34. The third kappa shape index (κ3) is 2.63. The number of hydrogen-bond acceptors (Lipinski definition) is 4. The van der Waals surface area contributed by atoms with Gasteiger partial charge in [0.1, 0.15) is 6.07 Å². The van der Waals surface area contributed by atoms with Gasteiger partial charge in [0.15, 0.2) is 0 Å². The summed E-state index contributed by atoms with van der Waals surface area (Å²) in [6.45, 7) is 1.88. The quantitative estimate of drug-likeness (QED) is 0.785. The van der Waals surface area contributed by atoms with E-state index in [1.165, 1.54) is 0 Å². The highest BCUT2D eigenvalue weighted by atomic mass is 32.2. The number of benzene rings is 1. The lowest BCUT2D eigenvalue weighted by molar-refractivity contribution is 0.0893. The van der Waals surface area contributed by atoms with Gasteiger partial charge >= 0.3 is 0 Å². The van der Waals surface area contributed by atoms with Gasteiger partial charge in [-0.15, -0.1) is 11.8 Å². The zero-order valence-electron chi connectivity index (χ0n) is 10.8. The van der Waals surface area contributed by atoms with Gasteiger partial charge in [-0.05, 0) is 31.2 Å². The van der Waals surface area contributed by atoms with Crippen LogP contribution in [0.3, 0.4) is 0 Å². The molecule has 1 aliphatic heterocycles. The van der Waals surface area contributed by atoms with Crippen molar-refractivity contribution in [3.05, 3.63) is 23.8 Å². The van der Waals surface area contributed by atoms with E-state index in [-0.39, 0.29) is 6.10 Å². The van der Waals surface area contributed by atoms with Crippen molar-refractivity contribution in [2.24, 2.45) is 0 Å². The second-order valence-corrected chi connectivity index (χ2v) is 5.26. The molecule has 1 aromatic carbocycles. The topological polar surface area (TPSA) is 36.3 Å². The zero-order chi connectivity index (χ0) is 13.0. The fourth-order valence-corrected chi connectivity index (χ4v) is 2.98. The number of hydrogen-bond donors (Lipinski definition) is 0. The summed E-state index contributed by atoms with van der Waals surface area (Å²) >= 11 is 1.62. The van der Waals surface area contributed by atoms with E-state index in [9.17, 15) is 5.26 Å². The first-order valence-electron chi connectivity index (χ1n) is 6.15. The smallest absolute Gasteiger partial charge is 0.103 e. The minimum atomic E-state index is 0.281. The van der Waals surface area contributed by atoms with Crippen molar-refractivity contribution in [1.29, 1.82) is 5.26 Å². The van der Waals surface area contributed by atoms with Gasteiger partial charge in [-0.1, -0.05) is 6.07 Å². The van der Waals surface area contributed by atoms with E-state index in [0.717, 1.165) is 42.1 Å². The third-order valence-corrected chi connectivity index (χ3v) is 4.17. The summed E-state index contributed by atoms with van der Waals surface area (Å²) in [6, 6.07) is 8.41. The fourth-order valence-electron chi connectivity index (χ4n) is 2.41. The van der Waals surface area contributed by atoms with Crippen molar-refractivity contribution in [3.63, 3.8) is 0 Å². The molecular formula is C14H18N2OS. The Kier molecular flexibility index (Phi) is 4.51. The number of nitrogens with zero attached hydrogens (tertiary/aromatic N) is 2. The Morgan fingerprint density at radius 3 is 3.00 bits per heavy atom. The highest BCUT2D eigenvalue weighted by Crippen LogP contribution is 2.30. The molecule has 1 atom stereocenters. The fraction of sp³-hybridized carbons (Fsp3) is 0.500. The van der Waals surface area contributed by atoms with E-state index in [1.807, 2.05) is 24.5 Å². The summed E-state index contributed by atoms with van der Waals surface area (Å²) in [4.78, 5) is 3.32. The third-order valence-electron chi connectivity index (χ3n) is 3.39. The average molecular weight is 262 g/mol. The van der Waals surface area contributed by atoms with Crippen molar-refractivity contribution in [3.8, 4) is 6.07 Å². The average Bonchev–Trinajstić information content (AvgIpc) is 2.46. The van der Waals surface area contributed by atoms with Crippen molar-refractivity contribution in [2.75, 3.05) is 31.4 Å². The SMILES string of the molecule is COC1CCCN(c2cccc(SC)c2C#N)C1. The minimum Gasteiger partial charge on any atom is -0.380 e. The lowest BCUT2D eigenvalue weighted by atomic mass is 10.1. The minimum absolute atomic E-state index is 0.281. The molecule has 18 heavy (non-hydrogen) atoms. The van der Waals surface area contributed by atoms with Crippen LogP contribution in [0.4, 0.5) is 5.69 Å². The van der Waals surface area contributed by atoms with Gasteiger partial charge < -0.3 is 9.64 Å². The van der Waals surface area contributed by atoms with Crippen LogP contribution in [0, 0.1) is 11.3 Å². The molecule has 0 spiro atoms. The number of methoxy groups -OCH3 is 1. The number of piperidine rings is 1. The maximum Gasteiger partial charge on any atom is 0.103 e. The molecule has 0 bridgehead atoms. The van der Waals surface area contributed by atoms with Gasteiger partial charge in [-0.3, -0.25) is 0 Å². The van der Waals surface area contributed by atoms with Crippen LogP contribution in [0.5, 0.6) is 0 Å². The van der Waals surface area contributed by atoms with Crippen molar-refractivity contribution in [1.82, 2.24) is 0 Å². The van der Waals surface area contributed by atoms with Crippen LogP contribution < -0.4 is 4.90 Å². The van der Waals surface area contributed by atoms with E-state index in [0.29, 0.717) is 0 Å². The molecule has 1 unspecified atom stereocenters. The largest absolute Gasteiger partial charge is 0.380 e. The first-order valence-corrected chi connectivity index (χ1v) is 7.37. The second-order valence-electron chi connectivity index (χ2n) is 4.41. The van der Waals surface area contributed by atoms with Crippen LogP contribution >= 0.6 is 11.8 Å². The Hall–Kier alpha value is -1.18. The van der Waals surface area contributed by atoms with Gasteiger partial charge in [0.25, 0.3) is 0 Å². The Morgan fingerprint density at radius 2 is 2.33 bits per heavy atom. The molecule has 4 heteroatoms. The predicted octanol–water partition coefficient (Wildman–Crippen LogP) is 2.90. The van der Waals surface area contributed by atoms with Crippen LogP contribution in [-0.4, -0.2) is 32.6 Å². The molecule has 96 valence electrons. The van der Waals surface area contributed by atoms with E-state index in [1.54, 1.807) is 18.9 Å². The van der Waals surface area contributed by atoms with Crippen molar-refractivity contribution >= 4 is 17.4 Å². The number of thioether (sulfide) groups is 1. The van der Waals surface area contributed by atoms with Crippen molar-refractivity contribution in [2.45, 2.75) is 23.8 Å². The molecule has 0 radical (unpaired) electrons. The lowest BCUT2D eigenvalue weighted by Crippen LogP contribution is -2.39. The maximum absolute atomic E-state index is 9.36. The molecule has 0 amide bonds. The molecule has 1 fully saturated rings. The molecule has 1 saturated heterocycles. The normalized spacial score (nSPS) is 19.6. The summed E-state index contributed by atoms with van der Waals surface area (Å²) in [7, 11) is 1.76. The van der Waals surface area contributed by atoms with Crippen molar-refractivity contribution < 1.29 is 4.74 Å². The summed E-state index contributed by atoms with van der Waals surface area (Å²) in [6.07, 6.45) is 4.51. The van der Waals surface area contributed by atoms with E-state index in [2.05, 4.69) is 11.0 Å². The summed E-state index contributed by atoms with van der Waals surface area (Å²) in [5.41, 5.74) is 1.84. The van der Waals surface area contributed by atoms with E-state index >= 15 is 0 Å². The second kappa shape index (κ2) is 6.12. The highest BCUT2D eigenvalue weighted by Gasteiger charge is 2.22. The predicted molar refractivity (Wildman–Crippen MR) is 75.2 cm³/mol. The first-order chi connectivity index (χ1) is 8.80. The van der Waals surface area contributed by atoms with Crippen LogP contribution in [0.2, 0.25) is 0 Å². The zero-order valence-corrected chi connectivity index (χ0v) is 11.7. The molecule has 3 nitrogen and oxygen atoms in total. The van der Waals surface area contributed by atoms with Crippen LogP contribution in [0.25, 0.3) is 0 Å². The summed E-state index contributed by atoms with van der Waals surface area (Å²) in [5.74, 6) is 0. The maximum atomic E-state index is 9.36. The Labute approximate surface area is 113 Å². The van der Waals surface area contributed by atoms with Crippen LogP contribution in [0.15, 0.2) is 23.1 Å². The van der Waals surface area contributed by atoms with E-state index < -0.39 is 0 Å². The van der Waals surface area contributed by atoms with Gasteiger partial charge in [0.2, 0.25) is 0 Å². The Balaban J connectivity index is 2.30. The van der Waals surface area contributed by atoms with Gasteiger partial charge in [0, 0.05) is 25.1 Å². The molecule has 0 aromatic heterocycles. The van der Waals surface area contributed by atoms with Gasteiger partial charge in [-0.2, -0.15) is 5.26 Å². The Bertz CT molecular complexity index is 456. The Morgan fingerprint density at radius 1 is 1.50 bits per heavy atom. The summed E-state index contributed by atoms with van der Waals surface area (Å²) in [5, 5.41) is 9.36. The molecule has 0 aliphatic carbocycles. The molecule has 0 N–H and O–H groups in total. The molecule has 1 aliphatic rings. The monoisotopic (exact) mass is 262 g/mol. The number of ether oxygens (including phenoxy) is 1. The molecule has 1 aromatic rings. The number of anilines is 1. The number of rotatable bonds is 3. The molecule has 2 rings (SSSR count).